The zero-order valence-corrected chi connectivity index (χ0v) is 15.1. The SMILES string of the molecule is CC(C)CCCCCCCCCCC(CCCC(=O)O)C(=O)O. The smallest absolute Gasteiger partial charge is 0.306 e. The first-order valence-electron chi connectivity index (χ1n) is 9.38. The molecule has 4 nitrogen and oxygen atoms in total. The van der Waals surface area contributed by atoms with E-state index in [1.807, 2.05) is 0 Å². The molecule has 2 N–H and O–H groups in total. The van der Waals surface area contributed by atoms with Crippen LogP contribution in [-0.2, 0) is 9.59 Å². The summed E-state index contributed by atoms with van der Waals surface area (Å²) in [6, 6.07) is 0. The molecule has 1 atom stereocenters. The lowest BCUT2D eigenvalue weighted by atomic mass is 9.95. The number of carboxylic acid groups (broad SMARTS) is 2. The van der Waals surface area contributed by atoms with E-state index in [-0.39, 0.29) is 12.3 Å². The van der Waals surface area contributed by atoms with Gasteiger partial charge in [0.15, 0.2) is 0 Å². The van der Waals surface area contributed by atoms with Crippen LogP contribution in [0.25, 0.3) is 0 Å². The van der Waals surface area contributed by atoms with Crippen LogP contribution in [-0.4, -0.2) is 22.2 Å². The standard InChI is InChI=1S/C19H36O4/c1-16(2)12-9-7-5-3-4-6-8-10-13-17(19(22)23)14-11-15-18(20)21/h16-17H,3-15H2,1-2H3,(H,20,21)(H,22,23). The molecule has 0 radical (unpaired) electrons. The van der Waals surface area contributed by atoms with Gasteiger partial charge in [0.1, 0.15) is 0 Å². The molecule has 23 heavy (non-hydrogen) atoms. The van der Waals surface area contributed by atoms with Gasteiger partial charge in [-0.3, -0.25) is 9.59 Å². The van der Waals surface area contributed by atoms with Crippen molar-refractivity contribution in [3.63, 3.8) is 0 Å². The molecule has 0 saturated heterocycles. The van der Waals surface area contributed by atoms with E-state index < -0.39 is 11.9 Å². The third-order valence-electron chi connectivity index (χ3n) is 4.38. The molecule has 0 aliphatic carbocycles. The van der Waals surface area contributed by atoms with Crippen LogP contribution in [0.4, 0.5) is 0 Å². The highest BCUT2D eigenvalue weighted by Gasteiger charge is 2.16. The molecule has 0 aromatic heterocycles. The lowest BCUT2D eigenvalue weighted by Gasteiger charge is -2.11. The second-order valence-electron chi connectivity index (χ2n) is 7.12. The molecule has 4 heteroatoms. The quantitative estimate of drug-likeness (QED) is 0.367. The van der Waals surface area contributed by atoms with Gasteiger partial charge in [0.2, 0.25) is 0 Å². The fourth-order valence-corrected chi connectivity index (χ4v) is 2.89. The van der Waals surface area contributed by atoms with Gasteiger partial charge >= 0.3 is 11.9 Å². The molecule has 0 rings (SSSR count). The molecule has 0 saturated carbocycles. The van der Waals surface area contributed by atoms with Gasteiger partial charge in [-0.15, -0.1) is 0 Å². The number of aliphatic carboxylic acids is 2. The van der Waals surface area contributed by atoms with Crippen molar-refractivity contribution < 1.29 is 19.8 Å². The van der Waals surface area contributed by atoms with Crippen molar-refractivity contribution in [1.29, 1.82) is 0 Å². The van der Waals surface area contributed by atoms with E-state index in [4.69, 9.17) is 10.2 Å². The van der Waals surface area contributed by atoms with Crippen LogP contribution in [0.1, 0.15) is 97.3 Å². The minimum absolute atomic E-state index is 0.0700. The van der Waals surface area contributed by atoms with Crippen molar-refractivity contribution in [2.45, 2.75) is 97.3 Å². The van der Waals surface area contributed by atoms with E-state index in [2.05, 4.69) is 13.8 Å². The summed E-state index contributed by atoms with van der Waals surface area (Å²) in [5.74, 6) is -1.18. The lowest BCUT2D eigenvalue weighted by Crippen LogP contribution is -2.14. The van der Waals surface area contributed by atoms with Crippen LogP contribution >= 0.6 is 0 Å². The molecule has 0 aromatic rings. The summed E-state index contributed by atoms with van der Waals surface area (Å²) >= 11 is 0. The number of hydrogen-bond donors (Lipinski definition) is 2. The molecule has 0 spiro atoms. The van der Waals surface area contributed by atoms with E-state index in [0.29, 0.717) is 19.3 Å². The Labute approximate surface area is 141 Å². The Balaban J connectivity index is 3.48. The van der Waals surface area contributed by atoms with Crippen molar-refractivity contribution in [1.82, 2.24) is 0 Å². The third-order valence-corrected chi connectivity index (χ3v) is 4.38. The normalized spacial score (nSPS) is 12.5. The molecular weight excluding hydrogens is 292 g/mol. The zero-order chi connectivity index (χ0) is 17.5. The van der Waals surface area contributed by atoms with Crippen LogP contribution < -0.4 is 0 Å². The Kier molecular flexibility index (Phi) is 13.9. The van der Waals surface area contributed by atoms with Crippen LogP contribution in [0, 0.1) is 11.8 Å². The maximum absolute atomic E-state index is 11.1. The average Bonchev–Trinajstić information content (AvgIpc) is 2.46. The van der Waals surface area contributed by atoms with Crippen molar-refractivity contribution in [3.05, 3.63) is 0 Å². The van der Waals surface area contributed by atoms with Gasteiger partial charge in [0.25, 0.3) is 0 Å². The zero-order valence-electron chi connectivity index (χ0n) is 15.1. The molecule has 0 aliphatic rings. The van der Waals surface area contributed by atoms with E-state index in [1.54, 1.807) is 0 Å². The predicted molar refractivity (Wildman–Crippen MR) is 93.6 cm³/mol. The van der Waals surface area contributed by atoms with Gasteiger partial charge in [0.05, 0.1) is 5.92 Å². The summed E-state index contributed by atoms with van der Waals surface area (Å²) in [5, 5.41) is 17.7. The maximum Gasteiger partial charge on any atom is 0.306 e. The van der Waals surface area contributed by atoms with Gasteiger partial charge < -0.3 is 10.2 Å². The lowest BCUT2D eigenvalue weighted by molar-refractivity contribution is -0.143. The first-order valence-corrected chi connectivity index (χ1v) is 9.38. The van der Waals surface area contributed by atoms with Gasteiger partial charge in [-0.2, -0.15) is 0 Å². The molecule has 0 fully saturated rings. The van der Waals surface area contributed by atoms with Gasteiger partial charge in [-0.05, 0) is 25.2 Å². The van der Waals surface area contributed by atoms with Crippen LogP contribution in [0.5, 0.6) is 0 Å². The predicted octanol–water partition coefficient (Wildman–Crippen LogP) is 5.50. The Bertz CT molecular complexity index is 312. The maximum atomic E-state index is 11.1. The van der Waals surface area contributed by atoms with Crippen molar-refractivity contribution >= 4 is 11.9 Å². The van der Waals surface area contributed by atoms with Gasteiger partial charge in [-0.25, -0.2) is 0 Å². The second-order valence-corrected chi connectivity index (χ2v) is 7.12. The molecular formula is C19H36O4. The number of carboxylic acids is 2. The average molecular weight is 328 g/mol. The Morgan fingerprint density at radius 2 is 1.13 bits per heavy atom. The number of unbranched alkanes of at least 4 members (excludes halogenated alkanes) is 7. The summed E-state index contributed by atoms with van der Waals surface area (Å²) in [4.78, 5) is 21.6. The highest BCUT2D eigenvalue weighted by Crippen LogP contribution is 2.18. The summed E-state index contributed by atoms with van der Waals surface area (Å²) < 4.78 is 0. The van der Waals surface area contributed by atoms with E-state index in [9.17, 15) is 9.59 Å². The van der Waals surface area contributed by atoms with E-state index in [0.717, 1.165) is 18.8 Å². The molecule has 0 aliphatic heterocycles. The topological polar surface area (TPSA) is 74.6 Å². The fourth-order valence-electron chi connectivity index (χ4n) is 2.89. The highest BCUT2D eigenvalue weighted by molar-refractivity contribution is 5.70. The number of carbonyl (C=O) groups is 2. The van der Waals surface area contributed by atoms with Crippen LogP contribution in [0.3, 0.4) is 0 Å². The Morgan fingerprint density at radius 3 is 1.57 bits per heavy atom. The Morgan fingerprint density at radius 1 is 0.696 bits per heavy atom. The van der Waals surface area contributed by atoms with E-state index in [1.165, 1.54) is 44.9 Å². The van der Waals surface area contributed by atoms with Crippen LogP contribution in [0.2, 0.25) is 0 Å². The molecule has 1 unspecified atom stereocenters. The summed E-state index contributed by atoms with van der Waals surface area (Å²) in [7, 11) is 0. The summed E-state index contributed by atoms with van der Waals surface area (Å²) in [6.07, 6.45) is 12.8. The first-order chi connectivity index (χ1) is 10.9. The van der Waals surface area contributed by atoms with Crippen molar-refractivity contribution in [3.8, 4) is 0 Å². The van der Waals surface area contributed by atoms with Crippen molar-refractivity contribution in [2.75, 3.05) is 0 Å². The molecule has 136 valence electrons. The molecule has 0 bridgehead atoms. The summed E-state index contributed by atoms with van der Waals surface area (Å²) in [6.45, 7) is 4.54. The minimum atomic E-state index is -0.845. The third kappa shape index (κ3) is 15.6. The van der Waals surface area contributed by atoms with Crippen LogP contribution in [0.15, 0.2) is 0 Å². The fraction of sp³-hybridized carbons (Fsp3) is 0.895. The minimum Gasteiger partial charge on any atom is -0.481 e. The number of hydrogen-bond acceptors (Lipinski definition) is 2. The molecule has 0 amide bonds. The van der Waals surface area contributed by atoms with Gasteiger partial charge in [0, 0.05) is 6.42 Å². The van der Waals surface area contributed by atoms with Crippen molar-refractivity contribution in [2.24, 2.45) is 11.8 Å². The van der Waals surface area contributed by atoms with E-state index >= 15 is 0 Å². The Hall–Kier alpha value is -1.06. The molecule has 0 heterocycles. The highest BCUT2D eigenvalue weighted by atomic mass is 16.4. The second kappa shape index (κ2) is 14.5. The largest absolute Gasteiger partial charge is 0.481 e. The number of rotatable bonds is 16. The molecule has 0 aromatic carbocycles. The van der Waals surface area contributed by atoms with Gasteiger partial charge in [-0.1, -0.05) is 71.6 Å². The monoisotopic (exact) mass is 328 g/mol. The first kappa shape index (κ1) is 21.9. The summed E-state index contributed by atoms with van der Waals surface area (Å²) in [5.41, 5.74) is 0.